The number of nitrogen functional groups attached to an aromatic ring is 2. The predicted molar refractivity (Wildman–Crippen MR) is 77.0 cm³/mol. The molecule has 0 radical (unpaired) electrons. The van der Waals surface area contributed by atoms with Crippen LogP contribution in [0.5, 0.6) is 0 Å². The van der Waals surface area contributed by atoms with Crippen LogP contribution in [-0.2, 0) is 15.9 Å². The molecule has 0 bridgehead atoms. The molecule has 6 heteroatoms. The van der Waals surface area contributed by atoms with Crippen LogP contribution in [0.25, 0.3) is 0 Å². The van der Waals surface area contributed by atoms with Gasteiger partial charge in [0, 0.05) is 11.4 Å². The molecule has 0 aliphatic carbocycles. The highest BCUT2D eigenvalue weighted by atomic mass is 32.2. The Morgan fingerprint density at radius 3 is 1.68 bits per heavy atom. The molecule has 19 heavy (non-hydrogen) atoms. The molecule has 2 rings (SSSR count). The maximum Gasteiger partial charge on any atom is 0.269 e. The van der Waals surface area contributed by atoms with Gasteiger partial charge in [-0.3, -0.25) is 4.55 Å². The van der Waals surface area contributed by atoms with Crippen molar-refractivity contribution in [1.29, 1.82) is 0 Å². The molecule has 0 atom stereocenters. The van der Waals surface area contributed by atoms with Gasteiger partial charge in [-0.25, -0.2) is 0 Å². The molecule has 0 fully saturated rings. The minimum absolute atomic E-state index is 0.368. The van der Waals surface area contributed by atoms with Crippen molar-refractivity contribution in [3.05, 3.63) is 60.2 Å². The first-order valence-electron chi connectivity index (χ1n) is 5.47. The molecule has 0 spiro atoms. The Labute approximate surface area is 112 Å². The van der Waals surface area contributed by atoms with E-state index in [2.05, 4.69) is 0 Å². The van der Waals surface area contributed by atoms with Gasteiger partial charge in [-0.15, -0.1) is 0 Å². The van der Waals surface area contributed by atoms with Gasteiger partial charge in [0.2, 0.25) is 0 Å². The van der Waals surface area contributed by atoms with Gasteiger partial charge < -0.3 is 11.5 Å². The van der Waals surface area contributed by atoms with E-state index in [1.807, 2.05) is 30.3 Å². The van der Waals surface area contributed by atoms with Crippen molar-refractivity contribution < 1.29 is 13.0 Å². The maximum atomic E-state index is 10.4. The van der Waals surface area contributed by atoms with Crippen molar-refractivity contribution in [3.63, 3.8) is 0 Å². The van der Waals surface area contributed by atoms with Gasteiger partial charge in [-0.05, 0) is 29.8 Å². The summed E-state index contributed by atoms with van der Waals surface area (Å²) in [5.41, 5.74) is 12.6. The third-order valence-corrected chi connectivity index (χ3v) is 2.83. The maximum absolute atomic E-state index is 10.4. The van der Waals surface area contributed by atoms with E-state index in [4.69, 9.17) is 16.0 Å². The van der Waals surface area contributed by atoms with E-state index < -0.39 is 10.1 Å². The summed E-state index contributed by atoms with van der Waals surface area (Å²) in [5, 5.41) is 0. The molecule has 2 aromatic carbocycles. The minimum Gasteiger partial charge on any atom is -0.399 e. The standard InChI is InChI=1S/C7H9NO3S.C6H7N/c8-7-3-1-6(2-4-7)5-12(9,10)11;7-6-4-2-1-3-5-6/h1-4H,5,8H2,(H,9,10,11);1-5H,7H2. The predicted octanol–water partition coefficient (Wildman–Crippen LogP) is 1.93. The van der Waals surface area contributed by atoms with Gasteiger partial charge in [0.05, 0.1) is 0 Å². The second-order valence-electron chi connectivity index (χ2n) is 3.88. The molecule has 0 unspecified atom stereocenters. The van der Waals surface area contributed by atoms with Crippen LogP contribution in [-0.4, -0.2) is 13.0 Å². The van der Waals surface area contributed by atoms with E-state index in [1.165, 1.54) is 0 Å². The molecule has 5 N–H and O–H groups in total. The van der Waals surface area contributed by atoms with Crippen molar-refractivity contribution >= 4 is 21.5 Å². The van der Waals surface area contributed by atoms with Crippen LogP contribution in [0, 0.1) is 0 Å². The summed E-state index contributed by atoms with van der Waals surface area (Å²) in [6, 6.07) is 15.8. The van der Waals surface area contributed by atoms with Crippen LogP contribution in [0.1, 0.15) is 5.56 Å². The number of anilines is 2. The zero-order chi connectivity index (χ0) is 14.3. The molecule has 102 valence electrons. The first-order valence-corrected chi connectivity index (χ1v) is 7.08. The van der Waals surface area contributed by atoms with Crippen LogP contribution >= 0.6 is 0 Å². The third kappa shape index (κ3) is 7.07. The van der Waals surface area contributed by atoms with Crippen LogP contribution in [0.3, 0.4) is 0 Å². The van der Waals surface area contributed by atoms with Gasteiger partial charge in [-0.1, -0.05) is 30.3 Å². The highest BCUT2D eigenvalue weighted by Gasteiger charge is 2.05. The number of hydrogen-bond donors (Lipinski definition) is 3. The molecule has 0 saturated carbocycles. The Kier molecular flexibility index (Phi) is 5.35. The van der Waals surface area contributed by atoms with Gasteiger partial charge in [0.1, 0.15) is 5.75 Å². The van der Waals surface area contributed by atoms with E-state index in [-0.39, 0.29) is 5.75 Å². The zero-order valence-electron chi connectivity index (χ0n) is 10.2. The van der Waals surface area contributed by atoms with Crippen molar-refractivity contribution in [2.24, 2.45) is 0 Å². The molecular weight excluding hydrogens is 264 g/mol. The number of benzene rings is 2. The monoisotopic (exact) mass is 280 g/mol. The Morgan fingerprint density at radius 2 is 1.32 bits per heavy atom. The molecule has 0 aliphatic rings. The summed E-state index contributed by atoms with van der Waals surface area (Å²) in [5.74, 6) is -0.368. The second-order valence-corrected chi connectivity index (χ2v) is 5.33. The van der Waals surface area contributed by atoms with E-state index in [1.54, 1.807) is 24.3 Å². The van der Waals surface area contributed by atoms with E-state index in [0.29, 0.717) is 11.3 Å². The summed E-state index contributed by atoms with van der Waals surface area (Å²) in [6.45, 7) is 0. The Balaban J connectivity index is 0.000000218. The molecule has 0 aromatic heterocycles. The minimum atomic E-state index is -3.93. The highest BCUT2D eigenvalue weighted by Crippen LogP contribution is 2.07. The normalized spacial score (nSPS) is 10.4. The first-order chi connectivity index (χ1) is 8.87. The van der Waals surface area contributed by atoms with Crippen LogP contribution < -0.4 is 11.5 Å². The number of rotatable bonds is 2. The number of nitrogens with two attached hydrogens (primary N) is 2. The lowest BCUT2D eigenvalue weighted by Gasteiger charge is -1.97. The second kappa shape index (κ2) is 6.77. The lowest BCUT2D eigenvalue weighted by atomic mass is 10.2. The fraction of sp³-hybridized carbons (Fsp3) is 0.0769. The third-order valence-electron chi connectivity index (χ3n) is 2.13. The quantitative estimate of drug-likeness (QED) is 0.575. The fourth-order valence-corrected chi connectivity index (χ4v) is 1.89. The molecule has 0 saturated heterocycles. The molecule has 0 amide bonds. The summed E-state index contributed by atoms with van der Waals surface area (Å²) >= 11 is 0. The van der Waals surface area contributed by atoms with Crippen LogP contribution in [0.2, 0.25) is 0 Å². The van der Waals surface area contributed by atoms with Crippen molar-refractivity contribution in [3.8, 4) is 0 Å². The topological polar surface area (TPSA) is 106 Å². The van der Waals surface area contributed by atoms with Gasteiger partial charge in [-0.2, -0.15) is 8.42 Å². The average molecular weight is 280 g/mol. The molecule has 0 heterocycles. The Morgan fingerprint density at radius 1 is 0.842 bits per heavy atom. The largest absolute Gasteiger partial charge is 0.399 e. The van der Waals surface area contributed by atoms with E-state index in [0.717, 1.165) is 5.69 Å². The lowest BCUT2D eigenvalue weighted by molar-refractivity contribution is 0.482. The SMILES string of the molecule is Nc1ccc(CS(=O)(=O)O)cc1.Nc1ccccc1. The number of para-hydroxylation sites is 1. The first kappa shape index (κ1) is 15.0. The smallest absolute Gasteiger partial charge is 0.269 e. The summed E-state index contributed by atoms with van der Waals surface area (Å²) in [7, 11) is -3.93. The van der Waals surface area contributed by atoms with Crippen molar-refractivity contribution in [2.45, 2.75) is 5.75 Å². The van der Waals surface area contributed by atoms with Gasteiger partial charge >= 0.3 is 0 Å². The summed E-state index contributed by atoms with van der Waals surface area (Å²) in [6.07, 6.45) is 0. The summed E-state index contributed by atoms with van der Waals surface area (Å²) in [4.78, 5) is 0. The van der Waals surface area contributed by atoms with Gasteiger partial charge in [0.25, 0.3) is 10.1 Å². The zero-order valence-corrected chi connectivity index (χ0v) is 11.0. The average Bonchev–Trinajstić information content (AvgIpc) is 2.32. The fourth-order valence-electron chi connectivity index (χ4n) is 1.28. The molecule has 0 aliphatic heterocycles. The van der Waals surface area contributed by atoms with E-state index >= 15 is 0 Å². The Bertz CT molecular complexity index is 596. The highest BCUT2D eigenvalue weighted by molar-refractivity contribution is 7.85. The summed E-state index contributed by atoms with van der Waals surface area (Å²) < 4.78 is 29.3. The van der Waals surface area contributed by atoms with Crippen LogP contribution in [0.15, 0.2) is 54.6 Å². The molecular formula is C13H16N2O3S. The van der Waals surface area contributed by atoms with Crippen molar-refractivity contribution in [1.82, 2.24) is 0 Å². The number of hydrogen-bond acceptors (Lipinski definition) is 4. The molecule has 2 aromatic rings. The van der Waals surface area contributed by atoms with Gasteiger partial charge in [0.15, 0.2) is 0 Å². The molecule has 5 nitrogen and oxygen atoms in total. The lowest BCUT2D eigenvalue weighted by Crippen LogP contribution is -2.01. The van der Waals surface area contributed by atoms with Crippen LogP contribution in [0.4, 0.5) is 11.4 Å². The van der Waals surface area contributed by atoms with E-state index in [9.17, 15) is 8.42 Å². The Hall–Kier alpha value is -2.05. The van der Waals surface area contributed by atoms with Crippen molar-refractivity contribution in [2.75, 3.05) is 11.5 Å².